The van der Waals surface area contributed by atoms with E-state index in [4.69, 9.17) is 4.42 Å². The number of likely N-dealkylation sites (N-methyl/N-ethyl adjacent to an activating group) is 1. The molecule has 3 rings (SSSR count). The minimum absolute atomic E-state index is 0.0573. The van der Waals surface area contributed by atoms with Crippen LogP contribution in [0.4, 0.5) is 10.1 Å². The molecule has 0 saturated heterocycles. The highest BCUT2D eigenvalue weighted by Gasteiger charge is 2.16. The lowest BCUT2D eigenvalue weighted by Crippen LogP contribution is -2.35. The maximum Gasteiger partial charge on any atom is 0.243 e. The second-order valence-corrected chi connectivity index (χ2v) is 7.14. The minimum atomic E-state index is -0.397. The number of anilines is 1. The lowest BCUT2D eigenvalue weighted by Gasteiger charge is -2.17. The van der Waals surface area contributed by atoms with Crippen molar-refractivity contribution in [2.75, 3.05) is 18.9 Å². The first-order chi connectivity index (χ1) is 14.3. The molecule has 0 aliphatic carbocycles. The Morgan fingerprint density at radius 1 is 1.13 bits per heavy atom. The summed E-state index contributed by atoms with van der Waals surface area (Å²) in [7, 11) is 1.57. The van der Waals surface area contributed by atoms with Gasteiger partial charge in [-0.2, -0.15) is 0 Å². The van der Waals surface area contributed by atoms with Crippen molar-refractivity contribution in [3.05, 3.63) is 71.5 Å². The molecule has 2 aromatic carbocycles. The summed E-state index contributed by atoms with van der Waals surface area (Å²) in [5, 5.41) is 2.84. The number of hydrogen-bond donors (Lipinski definition) is 1. The fourth-order valence-electron chi connectivity index (χ4n) is 3.00. The van der Waals surface area contributed by atoms with Crippen LogP contribution >= 0.6 is 0 Å². The van der Waals surface area contributed by atoms with Crippen molar-refractivity contribution in [3.63, 3.8) is 0 Å². The number of amides is 2. The SMILES string of the molecule is Cc1cccc(NC(=O)CN(C)C(=O)CCc2ncc(-c3ccccc3F)o2)c1C. The maximum atomic E-state index is 13.8. The van der Waals surface area contributed by atoms with Crippen molar-refractivity contribution < 1.29 is 18.4 Å². The zero-order valence-electron chi connectivity index (χ0n) is 17.2. The van der Waals surface area contributed by atoms with Crippen molar-refractivity contribution in [3.8, 4) is 11.3 Å². The van der Waals surface area contributed by atoms with E-state index in [0.717, 1.165) is 16.8 Å². The molecule has 6 nitrogen and oxygen atoms in total. The van der Waals surface area contributed by atoms with Crippen LogP contribution in [0.15, 0.2) is 53.1 Å². The Hall–Kier alpha value is -3.48. The summed E-state index contributed by atoms with van der Waals surface area (Å²) in [5.74, 6) is -0.216. The van der Waals surface area contributed by atoms with Crippen LogP contribution in [0.2, 0.25) is 0 Å². The molecule has 0 saturated carbocycles. The topological polar surface area (TPSA) is 75.4 Å². The number of nitrogens with zero attached hydrogens (tertiary/aromatic N) is 2. The molecule has 3 aromatic rings. The molecule has 1 heterocycles. The third kappa shape index (κ3) is 5.11. The van der Waals surface area contributed by atoms with Gasteiger partial charge in [-0.1, -0.05) is 24.3 Å². The van der Waals surface area contributed by atoms with Gasteiger partial charge in [0.2, 0.25) is 11.8 Å². The third-order valence-corrected chi connectivity index (χ3v) is 4.93. The minimum Gasteiger partial charge on any atom is -0.441 e. The number of aromatic nitrogens is 1. The number of rotatable bonds is 7. The van der Waals surface area contributed by atoms with E-state index in [9.17, 15) is 14.0 Å². The molecule has 0 atom stereocenters. The van der Waals surface area contributed by atoms with E-state index in [-0.39, 0.29) is 31.2 Å². The fourth-order valence-corrected chi connectivity index (χ4v) is 3.00. The van der Waals surface area contributed by atoms with E-state index in [0.29, 0.717) is 17.2 Å². The molecule has 0 bridgehead atoms. The van der Waals surface area contributed by atoms with Crippen molar-refractivity contribution in [1.29, 1.82) is 0 Å². The van der Waals surface area contributed by atoms with E-state index in [2.05, 4.69) is 10.3 Å². The maximum absolute atomic E-state index is 13.8. The molecule has 156 valence electrons. The monoisotopic (exact) mass is 409 g/mol. The first-order valence-corrected chi connectivity index (χ1v) is 9.65. The molecule has 0 aliphatic rings. The first kappa shape index (κ1) is 21.2. The van der Waals surface area contributed by atoms with E-state index < -0.39 is 5.82 Å². The molecule has 30 heavy (non-hydrogen) atoms. The van der Waals surface area contributed by atoms with E-state index in [1.807, 2.05) is 32.0 Å². The zero-order chi connectivity index (χ0) is 21.7. The highest BCUT2D eigenvalue weighted by Crippen LogP contribution is 2.23. The van der Waals surface area contributed by atoms with Crippen LogP contribution in [-0.4, -0.2) is 35.3 Å². The quantitative estimate of drug-likeness (QED) is 0.637. The fraction of sp³-hybridized carbons (Fsp3) is 0.261. The number of hydrogen-bond acceptors (Lipinski definition) is 4. The van der Waals surface area contributed by atoms with Gasteiger partial charge in [0.15, 0.2) is 11.7 Å². The molecule has 0 aliphatic heterocycles. The van der Waals surface area contributed by atoms with Gasteiger partial charge in [0.1, 0.15) is 5.82 Å². The van der Waals surface area contributed by atoms with Gasteiger partial charge in [0, 0.05) is 25.6 Å². The van der Waals surface area contributed by atoms with Crippen LogP contribution in [0, 0.1) is 19.7 Å². The van der Waals surface area contributed by atoms with Crippen LogP contribution in [0.25, 0.3) is 11.3 Å². The van der Waals surface area contributed by atoms with Gasteiger partial charge in [-0.15, -0.1) is 0 Å². The number of benzene rings is 2. The van der Waals surface area contributed by atoms with Crippen LogP contribution < -0.4 is 5.32 Å². The molecule has 1 N–H and O–H groups in total. The Kier molecular flexibility index (Phi) is 6.61. The average molecular weight is 409 g/mol. The number of carbonyl (C=O) groups is 2. The number of oxazole rings is 1. The van der Waals surface area contributed by atoms with Crippen molar-refractivity contribution in [2.24, 2.45) is 0 Å². The molecule has 0 spiro atoms. The highest BCUT2D eigenvalue weighted by atomic mass is 19.1. The van der Waals surface area contributed by atoms with Crippen molar-refractivity contribution >= 4 is 17.5 Å². The number of carbonyl (C=O) groups excluding carboxylic acids is 2. The van der Waals surface area contributed by atoms with Gasteiger partial charge in [0.25, 0.3) is 0 Å². The van der Waals surface area contributed by atoms with Crippen molar-refractivity contribution in [2.45, 2.75) is 26.7 Å². The predicted octanol–water partition coefficient (Wildman–Crippen LogP) is 4.13. The Morgan fingerprint density at radius 3 is 2.67 bits per heavy atom. The summed E-state index contributed by atoms with van der Waals surface area (Å²) in [6.45, 7) is 3.85. The number of halogens is 1. The molecule has 0 fully saturated rings. The Balaban J connectivity index is 1.52. The second kappa shape index (κ2) is 9.35. The Bertz CT molecular complexity index is 1060. The largest absolute Gasteiger partial charge is 0.441 e. The molecule has 0 radical (unpaired) electrons. The average Bonchev–Trinajstić information content (AvgIpc) is 3.18. The van der Waals surface area contributed by atoms with Crippen LogP contribution in [0.5, 0.6) is 0 Å². The molecule has 2 amide bonds. The Labute approximate surface area is 174 Å². The molecular weight excluding hydrogens is 385 g/mol. The predicted molar refractivity (Wildman–Crippen MR) is 112 cm³/mol. The van der Waals surface area contributed by atoms with Crippen LogP contribution in [0.3, 0.4) is 0 Å². The van der Waals surface area contributed by atoms with E-state index in [1.54, 1.807) is 25.2 Å². The molecule has 1 aromatic heterocycles. The number of nitrogens with one attached hydrogen (secondary N) is 1. The van der Waals surface area contributed by atoms with Gasteiger partial charge in [-0.05, 0) is 43.2 Å². The second-order valence-electron chi connectivity index (χ2n) is 7.14. The highest BCUT2D eigenvalue weighted by molar-refractivity contribution is 5.95. The summed E-state index contributed by atoms with van der Waals surface area (Å²) < 4.78 is 19.4. The van der Waals surface area contributed by atoms with Crippen molar-refractivity contribution in [1.82, 2.24) is 9.88 Å². The van der Waals surface area contributed by atoms with Gasteiger partial charge in [-0.3, -0.25) is 9.59 Å². The van der Waals surface area contributed by atoms with Crippen LogP contribution in [-0.2, 0) is 16.0 Å². The lowest BCUT2D eigenvalue weighted by molar-refractivity contribution is -0.133. The van der Waals surface area contributed by atoms with E-state index in [1.165, 1.54) is 17.2 Å². The summed E-state index contributed by atoms with van der Waals surface area (Å²) >= 11 is 0. The van der Waals surface area contributed by atoms with Gasteiger partial charge in [0.05, 0.1) is 18.3 Å². The van der Waals surface area contributed by atoms with Gasteiger partial charge < -0.3 is 14.6 Å². The van der Waals surface area contributed by atoms with Gasteiger partial charge >= 0.3 is 0 Å². The zero-order valence-corrected chi connectivity index (χ0v) is 17.2. The smallest absolute Gasteiger partial charge is 0.243 e. The standard InChI is InChI=1S/C23H24FN3O3/c1-15-7-6-10-19(16(15)2)26-21(28)14-27(3)23(29)12-11-22-25-13-20(30-22)17-8-4-5-9-18(17)24/h4-10,13H,11-12,14H2,1-3H3,(H,26,28). The molecular formula is C23H24FN3O3. The van der Waals surface area contributed by atoms with E-state index >= 15 is 0 Å². The van der Waals surface area contributed by atoms with Gasteiger partial charge in [-0.25, -0.2) is 9.37 Å². The lowest BCUT2D eigenvalue weighted by atomic mass is 10.1. The molecule has 0 unspecified atom stereocenters. The van der Waals surface area contributed by atoms with Crippen LogP contribution in [0.1, 0.15) is 23.4 Å². The summed E-state index contributed by atoms with van der Waals surface area (Å²) in [4.78, 5) is 30.1. The molecule has 7 heteroatoms. The summed E-state index contributed by atoms with van der Waals surface area (Å²) in [6.07, 6.45) is 1.83. The Morgan fingerprint density at radius 2 is 1.90 bits per heavy atom. The summed E-state index contributed by atoms with van der Waals surface area (Å²) in [6, 6.07) is 11.9. The number of aryl methyl sites for hydroxylation is 2. The summed E-state index contributed by atoms with van der Waals surface area (Å²) in [5.41, 5.74) is 3.14. The first-order valence-electron chi connectivity index (χ1n) is 9.65. The third-order valence-electron chi connectivity index (χ3n) is 4.93. The normalized spacial score (nSPS) is 10.7.